The molecular formula is C18H14N4O3. The van der Waals surface area contributed by atoms with Gasteiger partial charge in [0.2, 0.25) is 5.91 Å². The minimum Gasteiger partial charge on any atom is -0.453 e. The molecule has 0 bridgehead atoms. The van der Waals surface area contributed by atoms with Crippen LogP contribution in [0.5, 0.6) is 0 Å². The Hall–Kier alpha value is -3.48. The molecule has 3 aromatic rings. The molecule has 1 aliphatic heterocycles. The summed E-state index contributed by atoms with van der Waals surface area (Å²) in [6.45, 7) is 0. The summed E-state index contributed by atoms with van der Waals surface area (Å²) in [5.74, 6) is -0.640. The van der Waals surface area contributed by atoms with Crippen molar-refractivity contribution < 1.29 is 14.3 Å². The molecule has 1 amide bonds. The first-order valence-corrected chi connectivity index (χ1v) is 7.78. The second-order valence-corrected chi connectivity index (χ2v) is 5.60. The monoisotopic (exact) mass is 334 g/mol. The number of cyclic esters (lactones) is 1. The molecule has 4 rings (SSSR count). The van der Waals surface area contributed by atoms with Gasteiger partial charge in [-0.2, -0.15) is 0 Å². The number of nitrogens with one attached hydrogen (secondary N) is 1. The van der Waals surface area contributed by atoms with Crippen molar-refractivity contribution in [3.63, 3.8) is 0 Å². The SMILES string of the molecule is O=C(CC1OC(=O)c2ccccc21)Nc1ccccc1-n1ccnn1. The van der Waals surface area contributed by atoms with E-state index in [4.69, 9.17) is 4.74 Å². The van der Waals surface area contributed by atoms with E-state index in [0.29, 0.717) is 16.9 Å². The third-order valence-corrected chi connectivity index (χ3v) is 4.00. The van der Waals surface area contributed by atoms with Crippen molar-refractivity contribution in [3.05, 3.63) is 72.1 Å². The van der Waals surface area contributed by atoms with Crippen molar-refractivity contribution in [2.24, 2.45) is 0 Å². The molecule has 2 aromatic carbocycles. The number of para-hydroxylation sites is 2. The van der Waals surface area contributed by atoms with Crippen LogP contribution in [0.2, 0.25) is 0 Å². The number of hydrogen-bond donors (Lipinski definition) is 1. The quantitative estimate of drug-likeness (QED) is 0.741. The Morgan fingerprint density at radius 1 is 1.16 bits per heavy atom. The fourth-order valence-electron chi connectivity index (χ4n) is 2.86. The zero-order chi connectivity index (χ0) is 17.2. The fourth-order valence-corrected chi connectivity index (χ4v) is 2.86. The van der Waals surface area contributed by atoms with E-state index in [0.717, 1.165) is 5.56 Å². The van der Waals surface area contributed by atoms with Gasteiger partial charge in [0, 0.05) is 5.56 Å². The Morgan fingerprint density at radius 2 is 1.96 bits per heavy atom. The Bertz CT molecular complexity index is 937. The van der Waals surface area contributed by atoms with Gasteiger partial charge >= 0.3 is 5.97 Å². The van der Waals surface area contributed by atoms with Crippen LogP contribution in [0.3, 0.4) is 0 Å². The normalized spacial score (nSPS) is 15.5. The number of nitrogens with zero attached hydrogens (tertiary/aromatic N) is 3. The maximum atomic E-state index is 12.5. The van der Waals surface area contributed by atoms with Crippen LogP contribution >= 0.6 is 0 Å². The number of fused-ring (bicyclic) bond motifs is 1. The maximum Gasteiger partial charge on any atom is 0.339 e. The first-order valence-electron chi connectivity index (χ1n) is 7.78. The molecule has 0 fully saturated rings. The van der Waals surface area contributed by atoms with Crippen LogP contribution in [0.25, 0.3) is 5.69 Å². The van der Waals surface area contributed by atoms with Gasteiger partial charge in [-0.25, -0.2) is 9.48 Å². The molecule has 7 nitrogen and oxygen atoms in total. The molecule has 2 heterocycles. The Balaban J connectivity index is 1.52. The minimum absolute atomic E-state index is 0.0500. The van der Waals surface area contributed by atoms with E-state index >= 15 is 0 Å². The highest BCUT2D eigenvalue weighted by molar-refractivity contribution is 5.97. The van der Waals surface area contributed by atoms with Crippen LogP contribution < -0.4 is 5.32 Å². The van der Waals surface area contributed by atoms with E-state index in [2.05, 4.69) is 15.6 Å². The molecule has 1 aliphatic rings. The van der Waals surface area contributed by atoms with Crippen LogP contribution in [-0.4, -0.2) is 26.9 Å². The third-order valence-electron chi connectivity index (χ3n) is 4.00. The smallest absolute Gasteiger partial charge is 0.339 e. The largest absolute Gasteiger partial charge is 0.453 e. The first-order chi connectivity index (χ1) is 12.2. The average Bonchev–Trinajstić information content (AvgIpc) is 3.25. The number of ether oxygens (including phenoxy) is 1. The average molecular weight is 334 g/mol. The van der Waals surface area contributed by atoms with Crippen molar-refractivity contribution in [3.8, 4) is 5.69 Å². The third kappa shape index (κ3) is 2.87. The summed E-state index contributed by atoms with van der Waals surface area (Å²) in [5, 5.41) is 10.6. The van der Waals surface area contributed by atoms with E-state index in [9.17, 15) is 9.59 Å². The number of anilines is 1. The zero-order valence-corrected chi connectivity index (χ0v) is 13.1. The Kier molecular flexibility index (Phi) is 3.74. The molecule has 124 valence electrons. The van der Waals surface area contributed by atoms with Gasteiger partial charge in [0.1, 0.15) is 6.10 Å². The summed E-state index contributed by atoms with van der Waals surface area (Å²) in [5.41, 5.74) is 2.57. The summed E-state index contributed by atoms with van der Waals surface area (Å²) >= 11 is 0. The standard InChI is InChI=1S/C18H14N4O3/c23-17(11-16-12-5-1-2-6-13(12)18(24)25-16)20-14-7-3-4-8-15(14)22-10-9-19-21-22/h1-10,16H,11H2,(H,20,23). The van der Waals surface area contributed by atoms with Crippen LogP contribution in [0, 0.1) is 0 Å². The molecule has 0 aliphatic carbocycles. The van der Waals surface area contributed by atoms with E-state index in [1.54, 1.807) is 35.3 Å². The van der Waals surface area contributed by atoms with Gasteiger partial charge in [0.15, 0.2) is 0 Å². The van der Waals surface area contributed by atoms with Crippen molar-refractivity contribution in [1.29, 1.82) is 0 Å². The highest BCUT2D eigenvalue weighted by atomic mass is 16.5. The summed E-state index contributed by atoms with van der Waals surface area (Å²) in [7, 11) is 0. The van der Waals surface area contributed by atoms with Gasteiger partial charge in [0.25, 0.3) is 0 Å². The van der Waals surface area contributed by atoms with Crippen molar-refractivity contribution >= 4 is 17.6 Å². The summed E-state index contributed by atoms with van der Waals surface area (Å²) < 4.78 is 6.89. The number of hydrogen-bond acceptors (Lipinski definition) is 5. The molecule has 0 radical (unpaired) electrons. The molecule has 0 saturated carbocycles. The van der Waals surface area contributed by atoms with Gasteiger partial charge in [-0.3, -0.25) is 4.79 Å². The highest BCUT2D eigenvalue weighted by Crippen LogP contribution is 2.33. The molecule has 1 N–H and O–H groups in total. The van der Waals surface area contributed by atoms with Crippen molar-refractivity contribution in [1.82, 2.24) is 15.0 Å². The van der Waals surface area contributed by atoms with Gasteiger partial charge in [-0.1, -0.05) is 35.5 Å². The second kappa shape index (κ2) is 6.20. The highest BCUT2D eigenvalue weighted by Gasteiger charge is 2.32. The first kappa shape index (κ1) is 15.1. The topological polar surface area (TPSA) is 86.1 Å². The predicted molar refractivity (Wildman–Crippen MR) is 89.2 cm³/mol. The number of aromatic nitrogens is 3. The fraction of sp³-hybridized carbons (Fsp3) is 0.111. The van der Waals surface area contributed by atoms with Gasteiger partial charge in [0.05, 0.1) is 35.8 Å². The van der Waals surface area contributed by atoms with E-state index in [-0.39, 0.29) is 12.3 Å². The molecule has 25 heavy (non-hydrogen) atoms. The molecule has 7 heteroatoms. The number of esters is 1. The van der Waals surface area contributed by atoms with Gasteiger partial charge < -0.3 is 10.1 Å². The zero-order valence-electron chi connectivity index (χ0n) is 13.1. The summed E-state index contributed by atoms with van der Waals surface area (Å²) in [4.78, 5) is 24.3. The second-order valence-electron chi connectivity index (χ2n) is 5.60. The number of carbonyl (C=O) groups excluding carboxylic acids is 2. The van der Waals surface area contributed by atoms with E-state index in [1.165, 1.54) is 0 Å². The molecule has 1 unspecified atom stereocenters. The van der Waals surface area contributed by atoms with Crippen molar-refractivity contribution in [2.45, 2.75) is 12.5 Å². The Morgan fingerprint density at radius 3 is 2.80 bits per heavy atom. The van der Waals surface area contributed by atoms with E-state index < -0.39 is 12.1 Å². The minimum atomic E-state index is -0.567. The molecule has 0 saturated heterocycles. The number of rotatable bonds is 4. The molecular weight excluding hydrogens is 320 g/mol. The maximum absolute atomic E-state index is 12.5. The van der Waals surface area contributed by atoms with E-state index in [1.807, 2.05) is 30.3 Å². The molecule has 0 spiro atoms. The lowest BCUT2D eigenvalue weighted by molar-refractivity contribution is -0.118. The summed E-state index contributed by atoms with van der Waals surface area (Å²) in [6, 6.07) is 14.4. The molecule has 1 atom stereocenters. The number of benzene rings is 2. The van der Waals surface area contributed by atoms with Crippen LogP contribution in [0.1, 0.15) is 28.4 Å². The van der Waals surface area contributed by atoms with Crippen LogP contribution in [0.15, 0.2) is 60.9 Å². The van der Waals surface area contributed by atoms with Crippen molar-refractivity contribution in [2.75, 3.05) is 5.32 Å². The number of amides is 1. The lowest BCUT2D eigenvalue weighted by Crippen LogP contribution is -2.17. The lowest BCUT2D eigenvalue weighted by Gasteiger charge is -2.13. The summed E-state index contributed by atoms with van der Waals surface area (Å²) in [6.07, 6.45) is 2.74. The predicted octanol–water partition coefficient (Wildman–Crippen LogP) is 2.51. The number of carbonyl (C=O) groups is 2. The lowest BCUT2D eigenvalue weighted by atomic mass is 10.0. The van der Waals surface area contributed by atoms with Gasteiger partial charge in [-0.05, 0) is 18.2 Å². The van der Waals surface area contributed by atoms with Crippen LogP contribution in [0.4, 0.5) is 5.69 Å². The van der Waals surface area contributed by atoms with Crippen LogP contribution in [-0.2, 0) is 9.53 Å². The van der Waals surface area contributed by atoms with Gasteiger partial charge in [-0.15, -0.1) is 5.10 Å². The molecule has 1 aromatic heterocycles. The Labute approximate surface area is 143 Å².